The minimum Gasteiger partial charge on any atom is -0.454 e. The van der Waals surface area contributed by atoms with Gasteiger partial charge in [0.2, 0.25) is 12.7 Å². The van der Waals surface area contributed by atoms with E-state index >= 15 is 0 Å². The molecule has 1 saturated heterocycles. The van der Waals surface area contributed by atoms with Gasteiger partial charge in [0.05, 0.1) is 5.54 Å². The molecule has 2 aliphatic heterocycles. The van der Waals surface area contributed by atoms with E-state index in [0.29, 0.717) is 5.75 Å². The van der Waals surface area contributed by atoms with Crippen LogP contribution in [0.3, 0.4) is 0 Å². The van der Waals surface area contributed by atoms with E-state index in [1.165, 1.54) is 43.7 Å². The van der Waals surface area contributed by atoms with Crippen LogP contribution in [-0.2, 0) is 4.79 Å². The van der Waals surface area contributed by atoms with Crippen LogP contribution >= 0.6 is 11.8 Å². The Morgan fingerprint density at radius 1 is 1.15 bits per heavy atom. The van der Waals surface area contributed by atoms with Crippen molar-refractivity contribution in [1.82, 2.24) is 4.90 Å². The van der Waals surface area contributed by atoms with Crippen molar-refractivity contribution in [3.63, 3.8) is 0 Å². The van der Waals surface area contributed by atoms with E-state index in [1.807, 2.05) is 34.9 Å². The molecule has 0 spiro atoms. The number of nitrogens with zero attached hydrogens (tertiary/aromatic N) is 3. The number of fused-ring (bicyclic) bond motifs is 1. The maximum atomic E-state index is 12.9. The molecule has 178 valence electrons. The van der Waals surface area contributed by atoms with E-state index < -0.39 is 0 Å². The number of carbonyl (C=O) groups excluding carboxylic acids is 1. The molecule has 4 bridgehead atoms. The summed E-state index contributed by atoms with van der Waals surface area (Å²) < 4.78 is 11.1. The molecule has 7 rings (SSSR count). The Morgan fingerprint density at radius 3 is 2.52 bits per heavy atom. The summed E-state index contributed by atoms with van der Waals surface area (Å²) in [6.45, 7) is 5.08. The third-order valence-corrected chi connectivity index (χ3v) is 9.38. The lowest BCUT2D eigenvalue weighted by molar-refractivity contribution is -0.117. The average molecular weight is 470 g/mol. The zero-order valence-corrected chi connectivity index (χ0v) is 20.6. The first kappa shape index (κ1) is 21.6. The molecular formula is C26H35N3O3S. The van der Waals surface area contributed by atoms with Crippen LogP contribution in [0.15, 0.2) is 23.2 Å². The number of aliphatic imine (C=N–C) groups is 1. The fourth-order valence-corrected chi connectivity index (χ4v) is 8.60. The summed E-state index contributed by atoms with van der Waals surface area (Å²) in [5.41, 5.74) is 1.02. The maximum Gasteiger partial charge on any atom is 0.231 e. The quantitative estimate of drug-likeness (QED) is 0.568. The fourth-order valence-electron chi connectivity index (χ4n) is 7.34. The van der Waals surface area contributed by atoms with Crippen molar-refractivity contribution in [3.8, 4) is 11.5 Å². The van der Waals surface area contributed by atoms with Crippen LogP contribution in [0.4, 0.5) is 5.69 Å². The molecule has 7 heteroatoms. The Hall–Kier alpha value is -1.89. The average Bonchev–Trinajstić information content (AvgIpc) is 3.38. The van der Waals surface area contributed by atoms with Gasteiger partial charge in [-0.2, -0.15) is 0 Å². The van der Waals surface area contributed by atoms with Crippen LogP contribution in [0.1, 0.15) is 65.2 Å². The lowest BCUT2D eigenvalue weighted by Crippen LogP contribution is -2.52. The second-order valence-corrected chi connectivity index (χ2v) is 11.8. The Balaban J connectivity index is 1.31. The molecule has 1 amide bonds. The molecule has 1 aromatic carbocycles. The van der Waals surface area contributed by atoms with Gasteiger partial charge in [0.25, 0.3) is 0 Å². The van der Waals surface area contributed by atoms with Crippen LogP contribution in [0, 0.1) is 17.8 Å². The van der Waals surface area contributed by atoms with Crippen LogP contribution in [0.25, 0.3) is 0 Å². The summed E-state index contributed by atoms with van der Waals surface area (Å²) in [6, 6.07) is 5.84. The monoisotopic (exact) mass is 469 g/mol. The van der Waals surface area contributed by atoms with Crippen molar-refractivity contribution in [3.05, 3.63) is 18.2 Å². The Morgan fingerprint density at radius 2 is 1.85 bits per heavy atom. The van der Waals surface area contributed by atoms with Gasteiger partial charge in [-0.05, 0) is 74.8 Å². The molecule has 5 fully saturated rings. The number of anilines is 1. The second-order valence-electron chi connectivity index (χ2n) is 10.8. The molecule has 6 nitrogen and oxygen atoms in total. The van der Waals surface area contributed by atoms with E-state index in [9.17, 15) is 4.79 Å². The van der Waals surface area contributed by atoms with E-state index in [-0.39, 0.29) is 24.4 Å². The number of hydrogen-bond donors (Lipinski definition) is 0. The number of amidine groups is 1. The van der Waals surface area contributed by atoms with Gasteiger partial charge in [-0.3, -0.25) is 14.7 Å². The molecule has 1 aromatic rings. The van der Waals surface area contributed by atoms with Gasteiger partial charge < -0.3 is 14.4 Å². The van der Waals surface area contributed by atoms with Gasteiger partial charge in [-0.1, -0.05) is 25.1 Å². The number of unbranched alkanes of at least 4 members (excludes halogenated alkanes) is 1. The van der Waals surface area contributed by atoms with Gasteiger partial charge >= 0.3 is 0 Å². The summed E-state index contributed by atoms with van der Waals surface area (Å²) in [7, 11) is 0. The Labute approximate surface area is 201 Å². The van der Waals surface area contributed by atoms with Gasteiger partial charge in [0, 0.05) is 31.0 Å². The van der Waals surface area contributed by atoms with Crippen LogP contribution in [-0.4, -0.2) is 46.8 Å². The number of ether oxygens (including phenoxy) is 2. The maximum absolute atomic E-state index is 12.9. The number of carbonyl (C=O) groups is 1. The molecule has 2 heterocycles. The molecule has 33 heavy (non-hydrogen) atoms. The highest BCUT2D eigenvalue weighted by Crippen LogP contribution is 2.57. The zero-order valence-electron chi connectivity index (χ0n) is 19.8. The van der Waals surface area contributed by atoms with E-state index in [0.717, 1.165) is 54.3 Å². The van der Waals surface area contributed by atoms with Crippen molar-refractivity contribution in [2.24, 2.45) is 22.7 Å². The van der Waals surface area contributed by atoms with Gasteiger partial charge in [0.1, 0.15) is 6.17 Å². The molecule has 6 aliphatic rings. The van der Waals surface area contributed by atoms with Crippen LogP contribution in [0.5, 0.6) is 11.5 Å². The first-order chi connectivity index (χ1) is 16.0. The molecule has 0 aromatic heterocycles. The third-order valence-electron chi connectivity index (χ3n) is 8.33. The molecule has 1 unspecified atom stereocenters. The normalized spacial score (nSPS) is 35.0. The predicted molar refractivity (Wildman–Crippen MR) is 132 cm³/mol. The number of thioether (sulfide) groups is 1. The van der Waals surface area contributed by atoms with Crippen molar-refractivity contribution in [1.29, 1.82) is 0 Å². The molecule has 0 N–H and O–H groups in total. The summed E-state index contributed by atoms with van der Waals surface area (Å²) >= 11 is 1.85. The first-order valence-corrected chi connectivity index (χ1v) is 13.7. The standard InChI is InChI=1S/C26H35N3O3S/c1-3-4-7-28-24(29(17(2)30)21-5-6-22-23(11-21)32-16-31-22)15-33-25(28)27-26-12-18-8-19(13-26)10-20(9-18)14-26/h5-6,11,18-20,24H,3-4,7-10,12-16H2,1-2H3. The molecule has 4 saturated carbocycles. The second kappa shape index (κ2) is 8.40. The van der Waals surface area contributed by atoms with Crippen LogP contribution < -0.4 is 14.4 Å². The summed E-state index contributed by atoms with van der Waals surface area (Å²) in [5.74, 6) is 5.01. The van der Waals surface area contributed by atoms with E-state index in [1.54, 1.807) is 6.92 Å². The lowest BCUT2D eigenvalue weighted by atomic mass is 9.53. The minimum atomic E-state index is -0.0212. The van der Waals surface area contributed by atoms with Gasteiger partial charge in [-0.15, -0.1) is 0 Å². The zero-order chi connectivity index (χ0) is 22.6. The summed E-state index contributed by atoms with van der Waals surface area (Å²) in [4.78, 5) is 22.9. The van der Waals surface area contributed by atoms with Crippen LogP contribution in [0.2, 0.25) is 0 Å². The highest BCUT2D eigenvalue weighted by Gasteiger charge is 2.52. The highest BCUT2D eigenvalue weighted by atomic mass is 32.2. The predicted octanol–water partition coefficient (Wildman–Crippen LogP) is 5.27. The molecular weight excluding hydrogens is 434 g/mol. The van der Waals surface area contributed by atoms with Crippen molar-refractivity contribution < 1.29 is 14.3 Å². The topological polar surface area (TPSA) is 54.4 Å². The van der Waals surface area contributed by atoms with Crippen molar-refractivity contribution >= 4 is 28.5 Å². The lowest BCUT2D eigenvalue weighted by Gasteiger charge is -2.55. The largest absolute Gasteiger partial charge is 0.454 e. The van der Waals surface area contributed by atoms with Gasteiger partial charge in [0.15, 0.2) is 16.7 Å². The smallest absolute Gasteiger partial charge is 0.231 e. The Bertz CT molecular complexity index is 929. The number of hydrogen-bond acceptors (Lipinski definition) is 5. The molecule has 4 aliphatic carbocycles. The first-order valence-electron chi connectivity index (χ1n) is 12.7. The summed E-state index contributed by atoms with van der Waals surface area (Å²) in [6.07, 6.45) is 10.3. The SMILES string of the molecule is CCCCN1C(=NC23CC4CC(CC(C4)C2)C3)SCC1N(C(C)=O)c1ccc2c(c1)OCO2. The molecule has 1 atom stereocenters. The van der Waals surface area contributed by atoms with Gasteiger partial charge in [-0.25, -0.2) is 0 Å². The Kier molecular flexibility index (Phi) is 5.51. The number of rotatable bonds is 6. The third kappa shape index (κ3) is 3.90. The number of amides is 1. The van der Waals surface area contributed by atoms with Crippen molar-refractivity contribution in [2.45, 2.75) is 76.9 Å². The highest BCUT2D eigenvalue weighted by molar-refractivity contribution is 8.14. The fraction of sp³-hybridized carbons (Fsp3) is 0.692. The van der Waals surface area contributed by atoms with E-state index in [4.69, 9.17) is 14.5 Å². The number of benzene rings is 1. The minimum absolute atomic E-state index is 0.0212. The van der Waals surface area contributed by atoms with Crippen molar-refractivity contribution in [2.75, 3.05) is 24.0 Å². The molecule has 0 radical (unpaired) electrons. The summed E-state index contributed by atoms with van der Waals surface area (Å²) in [5, 5.41) is 1.17. The van der Waals surface area contributed by atoms with E-state index in [2.05, 4.69) is 11.8 Å².